The van der Waals surface area contributed by atoms with Crippen LogP contribution in [0.25, 0.3) is 0 Å². The van der Waals surface area contributed by atoms with Gasteiger partial charge in [0.05, 0.1) is 14.2 Å². The van der Waals surface area contributed by atoms with E-state index in [-0.39, 0.29) is 0 Å². The van der Waals surface area contributed by atoms with Gasteiger partial charge < -0.3 is 14.8 Å². The predicted octanol–water partition coefficient (Wildman–Crippen LogP) is 1.72. The van der Waals surface area contributed by atoms with Crippen LogP contribution in [0.1, 0.15) is 5.56 Å². The summed E-state index contributed by atoms with van der Waals surface area (Å²) in [5, 5.41) is 5.07. The van der Waals surface area contributed by atoms with Gasteiger partial charge in [-0.2, -0.15) is 0 Å². The van der Waals surface area contributed by atoms with Crippen molar-refractivity contribution in [2.24, 2.45) is 0 Å². The van der Waals surface area contributed by atoms with Crippen molar-refractivity contribution in [1.29, 1.82) is 0 Å². The standard InChI is InChI=1S/C11H14N2O4/c1-16-10(14)12-7-8-3-5-9(6-4-8)13-11(15)17-2/h3-6H,7H2,1-2H3,(H,12,14)(H,13,15). The molecule has 17 heavy (non-hydrogen) atoms. The highest BCUT2D eigenvalue weighted by molar-refractivity contribution is 5.84. The molecule has 2 N–H and O–H groups in total. The van der Waals surface area contributed by atoms with Crippen LogP contribution in [0, 0.1) is 0 Å². The summed E-state index contributed by atoms with van der Waals surface area (Å²) in [7, 11) is 2.60. The highest BCUT2D eigenvalue weighted by Gasteiger charge is 2.01. The first-order chi connectivity index (χ1) is 8.15. The predicted molar refractivity (Wildman–Crippen MR) is 61.7 cm³/mol. The van der Waals surface area contributed by atoms with Crippen molar-refractivity contribution in [2.75, 3.05) is 19.5 Å². The first kappa shape index (κ1) is 12.8. The molecule has 0 saturated carbocycles. The summed E-state index contributed by atoms with van der Waals surface area (Å²) < 4.78 is 8.89. The van der Waals surface area contributed by atoms with E-state index in [2.05, 4.69) is 20.1 Å². The van der Waals surface area contributed by atoms with Crippen LogP contribution in [0.15, 0.2) is 24.3 Å². The summed E-state index contributed by atoms with van der Waals surface area (Å²) in [6, 6.07) is 6.98. The zero-order chi connectivity index (χ0) is 12.7. The van der Waals surface area contributed by atoms with E-state index in [0.717, 1.165) is 5.56 Å². The maximum absolute atomic E-state index is 10.9. The Kier molecular flexibility index (Phi) is 4.80. The number of methoxy groups -OCH3 is 2. The fraction of sp³-hybridized carbons (Fsp3) is 0.273. The second kappa shape index (κ2) is 6.37. The number of amides is 2. The van der Waals surface area contributed by atoms with Crippen LogP contribution < -0.4 is 10.6 Å². The highest BCUT2D eigenvalue weighted by Crippen LogP contribution is 2.09. The van der Waals surface area contributed by atoms with Crippen LogP contribution in [0.5, 0.6) is 0 Å². The van der Waals surface area contributed by atoms with Crippen molar-refractivity contribution in [2.45, 2.75) is 6.54 Å². The minimum absolute atomic E-state index is 0.366. The van der Waals surface area contributed by atoms with E-state index in [4.69, 9.17) is 0 Å². The van der Waals surface area contributed by atoms with E-state index in [9.17, 15) is 9.59 Å². The number of hydrogen-bond acceptors (Lipinski definition) is 4. The van der Waals surface area contributed by atoms with Crippen LogP contribution >= 0.6 is 0 Å². The molecule has 0 heterocycles. The molecule has 1 rings (SSSR count). The number of rotatable bonds is 3. The Morgan fingerprint density at radius 3 is 2.18 bits per heavy atom. The highest BCUT2D eigenvalue weighted by atomic mass is 16.5. The molecular weight excluding hydrogens is 224 g/mol. The third kappa shape index (κ3) is 4.42. The van der Waals surface area contributed by atoms with Crippen molar-refractivity contribution in [3.8, 4) is 0 Å². The van der Waals surface area contributed by atoms with E-state index in [1.54, 1.807) is 24.3 Å². The second-order valence-electron chi connectivity index (χ2n) is 3.16. The van der Waals surface area contributed by atoms with Gasteiger partial charge in [0.15, 0.2) is 0 Å². The molecule has 1 aromatic carbocycles. The van der Waals surface area contributed by atoms with Gasteiger partial charge in [0.1, 0.15) is 0 Å². The van der Waals surface area contributed by atoms with Gasteiger partial charge in [-0.15, -0.1) is 0 Å². The normalized spacial score (nSPS) is 9.29. The number of carbonyl (C=O) groups is 2. The topological polar surface area (TPSA) is 76.7 Å². The Bertz CT molecular complexity index is 389. The summed E-state index contributed by atoms with van der Waals surface area (Å²) in [6.45, 7) is 0.366. The molecule has 0 aliphatic heterocycles. The molecule has 0 fully saturated rings. The maximum atomic E-state index is 10.9. The fourth-order valence-corrected chi connectivity index (χ4v) is 1.12. The number of ether oxygens (including phenoxy) is 2. The van der Waals surface area contributed by atoms with Gasteiger partial charge in [0.25, 0.3) is 0 Å². The van der Waals surface area contributed by atoms with Gasteiger partial charge in [0.2, 0.25) is 0 Å². The second-order valence-corrected chi connectivity index (χ2v) is 3.16. The number of anilines is 1. The monoisotopic (exact) mass is 238 g/mol. The summed E-state index contributed by atoms with van der Waals surface area (Å²) in [4.78, 5) is 21.7. The Balaban J connectivity index is 2.50. The number of nitrogens with one attached hydrogen (secondary N) is 2. The third-order valence-electron chi connectivity index (χ3n) is 2.01. The molecule has 92 valence electrons. The molecule has 0 atom stereocenters. The van der Waals surface area contributed by atoms with Crippen molar-refractivity contribution < 1.29 is 19.1 Å². The number of alkyl carbamates (subject to hydrolysis) is 1. The van der Waals surface area contributed by atoms with Crippen molar-refractivity contribution in [3.05, 3.63) is 29.8 Å². The van der Waals surface area contributed by atoms with E-state index in [1.807, 2.05) is 0 Å². The first-order valence-corrected chi connectivity index (χ1v) is 4.91. The molecule has 0 aliphatic rings. The third-order valence-corrected chi connectivity index (χ3v) is 2.01. The molecule has 0 bridgehead atoms. The molecule has 0 spiro atoms. The summed E-state index contributed by atoms with van der Waals surface area (Å²) in [5.74, 6) is 0. The van der Waals surface area contributed by atoms with Gasteiger partial charge in [-0.25, -0.2) is 9.59 Å². The van der Waals surface area contributed by atoms with Crippen LogP contribution in [0.4, 0.5) is 15.3 Å². The lowest BCUT2D eigenvalue weighted by molar-refractivity contribution is 0.170. The summed E-state index contributed by atoms with van der Waals surface area (Å²) in [5.41, 5.74) is 1.52. The lowest BCUT2D eigenvalue weighted by Gasteiger charge is -2.06. The van der Waals surface area contributed by atoms with E-state index >= 15 is 0 Å². The molecule has 2 amide bonds. The van der Waals surface area contributed by atoms with E-state index < -0.39 is 12.2 Å². The van der Waals surface area contributed by atoms with Crippen LogP contribution in [0.3, 0.4) is 0 Å². The lowest BCUT2D eigenvalue weighted by atomic mass is 10.2. The summed E-state index contributed by atoms with van der Waals surface area (Å²) >= 11 is 0. The van der Waals surface area contributed by atoms with Gasteiger partial charge >= 0.3 is 12.2 Å². The lowest BCUT2D eigenvalue weighted by Crippen LogP contribution is -2.22. The Labute approximate surface area is 98.9 Å². The smallest absolute Gasteiger partial charge is 0.411 e. The van der Waals surface area contributed by atoms with Crippen molar-refractivity contribution in [3.63, 3.8) is 0 Å². The average Bonchev–Trinajstić information content (AvgIpc) is 2.37. The molecule has 0 saturated heterocycles. The zero-order valence-electron chi connectivity index (χ0n) is 9.65. The number of hydrogen-bond donors (Lipinski definition) is 2. The molecule has 0 radical (unpaired) electrons. The number of carbonyl (C=O) groups excluding carboxylic acids is 2. The molecular formula is C11H14N2O4. The van der Waals surface area contributed by atoms with E-state index in [1.165, 1.54) is 14.2 Å². The zero-order valence-corrected chi connectivity index (χ0v) is 9.65. The quantitative estimate of drug-likeness (QED) is 0.840. The molecule has 1 aromatic rings. The van der Waals surface area contributed by atoms with Crippen LogP contribution in [-0.2, 0) is 16.0 Å². The average molecular weight is 238 g/mol. The maximum Gasteiger partial charge on any atom is 0.411 e. The fourth-order valence-electron chi connectivity index (χ4n) is 1.12. The van der Waals surface area contributed by atoms with Crippen molar-refractivity contribution >= 4 is 17.9 Å². The van der Waals surface area contributed by atoms with Crippen LogP contribution in [-0.4, -0.2) is 26.4 Å². The molecule has 0 unspecified atom stereocenters. The molecule has 0 aliphatic carbocycles. The van der Waals surface area contributed by atoms with E-state index in [0.29, 0.717) is 12.2 Å². The van der Waals surface area contributed by atoms with Crippen molar-refractivity contribution in [1.82, 2.24) is 5.32 Å². The minimum atomic E-state index is -0.523. The molecule has 6 heteroatoms. The Morgan fingerprint density at radius 2 is 1.65 bits per heavy atom. The SMILES string of the molecule is COC(=O)NCc1ccc(NC(=O)OC)cc1. The largest absolute Gasteiger partial charge is 0.453 e. The van der Waals surface area contributed by atoms with Crippen LogP contribution in [0.2, 0.25) is 0 Å². The Hall–Kier alpha value is -2.24. The van der Waals surface area contributed by atoms with Gasteiger partial charge in [-0.05, 0) is 17.7 Å². The van der Waals surface area contributed by atoms with Gasteiger partial charge in [0, 0.05) is 12.2 Å². The number of benzene rings is 1. The van der Waals surface area contributed by atoms with Gasteiger partial charge in [-0.3, -0.25) is 5.32 Å². The van der Waals surface area contributed by atoms with Gasteiger partial charge in [-0.1, -0.05) is 12.1 Å². The summed E-state index contributed by atoms with van der Waals surface area (Å²) in [6.07, 6.45) is -1.01. The minimum Gasteiger partial charge on any atom is -0.453 e. The first-order valence-electron chi connectivity index (χ1n) is 4.91. The Morgan fingerprint density at radius 1 is 1.06 bits per heavy atom. The molecule has 0 aromatic heterocycles. The molecule has 6 nitrogen and oxygen atoms in total.